The van der Waals surface area contributed by atoms with Gasteiger partial charge in [0.05, 0.1) is 23.9 Å². The van der Waals surface area contributed by atoms with Crippen molar-refractivity contribution in [2.24, 2.45) is 0 Å². The molecule has 0 aliphatic carbocycles. The van der Waals surface area contributed by atoms with Crippen LogP contribution in [0.4, 0.5) is 10.1 Å². The summed E-state index contributed by atoms with van der Waals surface area (Å²) in [5, 5.41) is 17.8. The third-order valence-corrected chi connectivity index (χ3v) is 2.76. The van der Waals surface area contributed by atoms with Crippen LogP contribution in [0.2, 0.25) is 0 Å². The first-order valence-electron chi connectivity index (χ1n) is 6.32. The highest BCUT2D eigenvalue weighted by molar-refractivity contribution is 6.04. The molecule has 1 aromatic carbocycles. The van der Waals surface area contributed by atoms with Crippen LogP contribution in [0.15, 0.2) is 24.4 Å². The molecule has 5 nitrogen and oxygen atoms in total. The number of rotatable bonds is 3. The van der Waals surface area contributed by atoms with E-state index in [0.29, 0.717) is 16.9 Å². The molecular weight excluding hydrogens is 273 g/mol. The number of aromatic amines is 1. The first kappa shape index (κ1) is 14.8. The van der Waals surface area contributed by atoms with Crippen molar-refractivity contribution in [1.82, 2.24) is 10.2 Å². The smallest absolute Gasteiger partial charge is 0.259 e. The number of aliphatic hydroxyl groups is 1. The number of amides is 1. The Morgan fingerprint density at radius 2 is 2.33 bits per heavy atom. The average molecular weight is 287 g/mol. The minimum absolute atomic E-state index is 0.0786. The Morgan fingerprint density at radius 1 is 1.52 bits per heavy atom. The normalized spacial score (nSPS) is 9.86. The van der Waals surface area contributed by atoms with Gasteiger partial charge in [-0.2, -0.15) is 5.10 Å². The number of nitrogens with zero attached hydrogens (tertiary/aromatic N) is 1. The predicted octanol–water partition coefficient (Wildman–Crippen LogP) is 1.84. The molecule has 21 heavy (non-hydrogen) atoms. The van der Waals surface area contributed by atoms with E-state index in [9.17, 15) is 9.18 Å². The van der Waals surface area contributed by atoms with Gasteiger partial charge in [0.1, 0.15) is 5.82 Å². The van der Waals surface area contributed by atoms with Gasteiger partial charge in [-0.1, -0.05) is 11.8 Å². The largest absolute Gasteiger partial charge is 0.395 e. The fraction of sp³-hybridized carbons (Fsp3) is 0.200. The SMILES string of the molecule is Cc1[nH]ncc1C(=O)Nc1ccc(F)c(C#CCCO)c1. The number of aryl methyl sites for hydroxylation is 1. The monoisotopic (exact) mass is 287 g/mol. The molecule has 2 rings (SSSR count). The zero-order valence-electron chi connectivity index (χ0n) is 11.4. The Kier molecular flexibility index (Phi) is 4.69. The van der Waals surface area contributed by atoms with Gasteiger partial charge in [0.15, 0.2) is 0 Å². The molecule has 3 N–H and O–H groups in total. The molecule has 0 spiro atoms. The van der Waals surface area contributed by atoms with E-state index in [1.54, 1.807) is 6.92 Å². The van der Waals surface area contributed by atoms with Gasteiger partial charge in [0.25, 0.3) is 5.91 Å². The van der Waals surface area contributed by atoms with E-state index in [2.05, 4.69) is 27.4 Å². The van der Waals surface area contributed by atoms with Crippen molar-refractivity contribution in [3.63, 3.8) is 0 Å². The summed E-state index contributed by atoms with van der Waals surface area (Å²) in [6.45, 7) is 1.66. The van der Waals surface area contributed by atoms with E-state index in [1.165, 1.54) is 24.4 Å². The van der Waals surface area contributed by atoms with E-state index in [0.717, 1.165) is 0 Å². The highest BCUT2D eigenvalue weighted by Crippen LogP contribution is 2.15. The van der Waals surface area contributed by atoms with Gasteiger partial charge in [-0.3, -0.25) is 9.89 Å². The van der Waals surface area contributed by atoms with Gasteiger partial charge in [0, 0.05) is 17.8 Å². The van der Waals surface area contributed by atoms with Crippen LogP contribution in [0.25, 0.3) is 0 Å². The van der Waals surface area contributed by atoms with Gasteiger partial charge in [-0.05, 0) is 25.1 Å². The summed E-state index contributed by atoms with van der Waals surface area (Å²) in [5.74, 6) is 4.46. The first-order valence-corrected chi connectivity index (χ1v) is 6.32. The highest BCUT2D eigenvalue weighted by atomic mass is 19.1. The number of aromatic nitrogens is 2. The number of H-pyrrole nitrogens is 1. The first-order chi connectivity index (χ1) is 10.1. The molecule has 1 aromatic heterocycles. The minimum Gasteiger partial charge on any atom is -0.395 e. The van der Waals surface area contributed by atoms with E-state index < -0.39 is 5.82 Å². The minimum atomic E-state index is -0.474. The molecule has 108 valence electrons. The topological polar surface area (TPSA) is 78.0 Å². The molecule has 6 heteroatoms. The quantitative estimate of drug-likeness (QED) is 0.754. The number of benzene rings is 1. The van der Waals surface area contributed by atoms with E-state index in [-0.39, 0.29) is 24.5 Å². The van der Waals surface area contributed by atoms with Crippen molar-refractivity contribution in [2.45, 2.75) is 13.3 Å². The number of nitrogens with one attached hydrogen (secondary N) is 2. The van der Waals surface area contributed by atoms with Crippen LogP contribution in [-0.4, -0.2) is 27.8 Å². The number of anilines is 1. The van der Waals surface area contributed by atoms with E-state index >= 15 is 0 Å². The van der Waals surface area contributed by atoms with Gasteiger partial charge in [0.2, 0.25) is 0 Å². The van der Waals surface area contributed by atoms with Crippen molar-refractivity contribution in [1.29, 1.82) is 0 Å². The summed E-state index contributed by atoms with van der Waals surface area (Å²) in [6, 6.07) is 4.15. The van der Waals surface area contributed by atoms with Crippen LogP contribution in [0.1, 0.15) is 28.0 Å². The second-order valence-electron chi connectivity index (χ2n) is 4.33. The molecule has 0 unspecified atom stereocenters. The summed E-state index contributed by atoms with van der Waals surface area (Å²) in [6.07, 6.45) is 1.69. The van der Waals surface area contributed by atoms with Crippen molar-refractivity contribution in [2.75, 3.05) is 11.9 Å². The molecule has 1 amide bonds. The molecule has 2 aromatic rings. The standard InChI is InChI=1S/C15H14FN3O2/c1-10-13(9-17-19-10)15(21)18-12-5-6-14(16)11(8-12)4-2-3-7-20/h5-6,8-9,20H,3,7H2,1H3,(H,17,19)(H,18,21). The van der Waals surface area contributed by atoms with Gasteiger partial charge < -0.3 is 10.4 Å². The van der Waals surface area contributed by atoms with Crippen LogP contribution in [0.5, 0.6) is 0 Å². The molecular formula is C15H14FN3O2. The third kappa shape index (κ3) is 3.68. The molecule has 0 bridgehead atoms. The van der Waals surface area contributed by atoms with Crippen molar-refractivity contribution in [3.05, 3.63) is 47.0 Å². The Hall–Kier alpha value is -2.65. The lowest BCUT2D eigenvalue weighted by Crippen LogP contribution is -2.12. The van der Waals surface area contributed by atoms with Gasteiger partial charge >= 0.3 is 0 Å². The van der Waals surface area contributed by atoms with Gasteiger partial charge in [-0.25, -0.2) is 4.39 Å². The molecule has 0 aliphatic rings. The van der Waals surface area contributed by atoms with E-state index in [4.69, 9.17) is 5.11 Å². The number of aliphatic hydroxyl groups excluding tert-OH is 1. The molecule has 0 saturated carbocycles. The summed E-state index contributed by atoms with van der Waals surface area (Å²) < 4.78 is 13.6. The summed E-state index contributed by atoms with van der Waals surface area (Å²) >= 11 is 0. The number of hydrogen-bond donors (Lipinski definition) is 3. The molecule has 0 atom stereocenters. The van der Waals surface area contributed by atoms with Crippen molar-refractivity contribution < 1.29 is 14.3 Å². The summed E-state index contributed by atoms with van der Waals surface area (Å²) in [7, 11) is 0. The second kappa shape index (κ2) is 6.68. The number of hydrogen-bond acceptors (Lipinski definition) is 3. The highest BCUT2D eigenvalue weighted by Gasteiger charge is 2.11. The maximum atomic E-state index is 13.6. The Labute approximate surface area is 121 Å². The summed E-state index contributed by atoms with van der Waals surface area (Å²) in [5.41, 5.74) is 1.69. The van der Waals surface area contributed by atoms with Gasteiger partial charge in [-0.15, -0.1) is 0 Å². The zero-order chi connectivity index (χ0) is 15.2. The Balaban J connectivity index is 2.18. The van der Waals surface area contributed by atoms with Crippen LogP contribution in [0.3, 0.4) is 0 Å². The summed E-state index contributed by atoms with van der Waals surface area (Å²) in [4.78, 5) is 12.0. The lowest BCUT2D eigenvalue weighted by atomic mass is 10.1. The molecule has 0 saturated heterocycles. The number of carbonyl (C=O) groups is 1. The molecule has 0 radical (unpaired) electrons. The number of carbonyl (C=O) groups excluding carboxylic acids is 1. The second-order valence-corrected chi connectivity index (χ2v) is 4.33. The average Bonchev–Trinajstić information content (AvgIpc) is 2.89. The lowest BCUT2D eigenvalue weighted by molar-refractivity contribution is 0.102. The fourth-order valence-electron chi connectivity index (χ4n) is 1.69. The van der Waals surface area contributed by atoms with Crippen LogP contribution in [0, 0.1) is 24.6 Å². The van der Waals surface area contributed by atoms with Crippen molar-refractivity contribution >= 4 is 11.6 Å². The maximum Gasteiger partial charge on any atom is 0.259 e. The maximum absolute atomic E-state index is 13.6. The molecule has 0 aliphatic heterocycles. The van der Waals surface area contributed by atoms with Crippen LogP contribution >= 0.6 is 0 Å². The molecule has 0 fully saturated rings. The Morgan fingerprint density at radius 3 is 3.00 bits per heavy atom. The van der Waals surface area contributed by atoms with E-state index in [1.807, 2.05) is 0 Å². The zero-order valence-corrected chi connectivity index (χ0v) is 11.4. The lowest BCUT2D eigenvalue weighted by Gasteiger charge is -2.05. The van der Waals surface area contributed by atoms with Crippen LogP contribution < -0.4 is 5.32 Å². The Bertz CT molecular complexity index is 713. The number of halogens is 1. The fourth-order valence-corrected chi connectivity index (χ4v) is 1.69. The third-order valence-electron chi connectivity index (χ3n) is 2.76. The van der Waals surface area contributed by atoms with Crippen molar-refractivity contribution in [3.8, 4) is 11.8 Å². The van der Waals surface area contributed by atoms with Crippen LogP contribution in [-0.2, 0) is 0 Å². The molecule has 1 heterocycles. The predicted molar refractivity (Wildman–Crippen MR) is 76.3 cm³/mol.